The van der Waals surface area contributed by atoms with E-state index >= 15 is 0 Å². The predicted molar refractivity (Wildman–Crippen MR) is 93.3 cm³/mol. The van der Waals surface area contributed by atoms with Crippen LogP contribution in [0.1, 0.15) is 26.2 Å². The van der Waals surface area contributed by atoms with Gasteiger partial charge in [0.1, 0.15) is 5.69 Å². The van der Waals surface area contributed by atoms with E-state index in [1.54, 1.807) is 6.07 Å². The highest BCUT2D eigenvalue weighted by molar-refractivity contribution is 7.89. The SMILES string of the molecule is C[C@H]1CCCCN1c1ccc(S(=O)(=O)N2CCOCC2)cc1[N+](=O)[O-]. The van der Waals surface area contributed by atoms with Gasteiger partial charge in [-0.05, 0) is 38.3 Å². The maximum Gasteiger partial charge on any atom is 0.293 e. The summed E-state index contributed by atoms with van der Waals surface area (Å²) in [4.78, 5) is 13.1. The lowest BCUT2D eigenvalue weighted by molar-refractivity contribution is -0.384. The number of nitro benzene ring substituents is 1. The van der Waals surface area contributed by atoms with Gasteiger partial charge >= 0.3 is 0 Å². The van der Waals surface area contributed by atoms with Gasteiger partial charge in [0.2, 0.25) is 10.0 Å². The van der Waals surface area contributed by atoms with E-state index in [0.29, 0.717) is 18.9 Å². The minimum absolute atomic E-state index is 0.0329. The first kappa shape index (κ1) is 18.1. The van der Waals surface area contributed by atoms with Crippen molar-refractivity contribution in [3.63, 3.8) is 0 Å². The highest BCUT2D eigenvalue weighted by Crippen LogP contribution is 2.35. The van der Waals surface area contributed by atoms with E-state index in [2.05, 4.69) is 0 Å². The number of benzene rings is 1. The fourth-order valence-corrected chi connectivity index (χ4v) is 4.87. The Balaban J connectivity index is 1.97. The van der Waals surface area contributed by atoms with E-state index in [0.717, 1.165) is 25.8 Å². The number of sulfonamides is 1. The standard InChI is InChI=1S/C16H23N3O5S/c1-13-4-2-3-7-18(13)15-6-5-14(12-16(15)19(20)21)25(22,23)17-8-10-24-11-9-17/h5-6,12-13H,2-4,7-11H2,1H3/t13-/m0/s1. The highest BCUT2D eigenvalue weighted by atomic mass is 32.2. The molecule has 2 aliphatic rings. The molecule has 138 valence electrons. The van der Waals surface area contributed by atoms with Crippen LogP contribution in [0.2, 0.25) is 0 Å². The van der Waals surface area contributed by atoms with E-state index in [-0.39, 0.29) is 29.7 Å². The van der Waals surface area contributed by atoms with Gasteiger partial charge in [-0.15, -0.1) is 0 Å². The van der Waals surface area contributed by atoms with Gasteiger partial charge in [-0.2, -0.15) is 4.31 Å². The zero-order valence-electron chi connectivity index (χ0n) is 14.3. The maximum absolute atomic E-state index is 12.7. The molecule has 0 aromatic heterocycles. The van der Waals surface area contributed by atoms with Gasteiger partial charge in [0.15, 0.2) is 0 Å². The van der Waals surface area contributed by atoms with Crippen LogP contribution >= 0.6 is 0 Å². The summed E-state index contributed by atoms with van der Waals surface area (Å²) >= 11 is 0. The zero-order valence-corrected chi connectivity index (χ0v) is 15.1. The third-order valence-corrected chi connectivity index (χ3v) is 6.76. The lowest BCUT2D eigenvalue weighted by atomic mass is 10.0. The van der Waals surface area contributed by atoms with Crippen LogP contribution < -0.4 is 4.90 Å². The summed E-state index contributed by atoms with van der Waals surface area (Å²) in [6, 6.07) is 4.46. The Morgan fingerprint density at radius 2 is 1.92 bits per heavy atom. The number of nitrogens with zero attached hydrogens (tertiary/aromatic N) is 3. The second-order valence-corrected chi connectivity index (χ2v) is 8.40. The summed E-state index contributed by atoms with van der Waals surface area (Å²) in [6.45, 7) is 4.00. The molecule has 0 unspecified atom stereocenters. The molecule has 0 aliphatic carbocycles. The molecular formula is C16H23N3O5S. The number of hydrogen-bond acceptors (Lipinski definition) is 6. The number of rotatable bonds is 4. The van der Waals surface area contributed by atoms with Crippen molar-refractivity contribution in [1.29, 1.82) is 0 Å². The van der Waals surface area contributed by atoms with Crippen molar-refractivity contribution in [3.8, 4) is 0 Å². The van der Waals surface area contributed by atoms with Crippen LogP contribution in [0.15, 0.2) is 23.1 Å². The first-order valence-corrected chi connectivity index (χ1v) is 9.98. The summed E-state index contributed by atoms with van der Waals surface area (Å²) in [7, 11) is -3.75. The molecule has 2 heterocycles. The topological polar surface area (TPSA) is 93.0 Å². The number of nitro groups is 1. The molecule has 8 nitrogen and oxygen atoms in total. The van der Waals surface area contributed by atoms with Gasteiger partial charge in [0.05, 0.1) is 23.0 Å². The maximum atomic E-state index is 12.7. The van der Waals surface area contributed by atoms with Crippen molar-refractivity contribution in [2.24, 2.45) is 0 Å². The minimum Gasteiger partial charge on any atom is -0.379 e. The van der Waals surface area contributed by atoms with Crippen LogP contribution in [0.25, 0.3) is 0 Å². The second-order valence-electron chi connectivity index (χ2n) is 6.46. The number of piperidine rings is 1. The Morgan fingerprint density at radius 1 is 1.20 bits per heavy atom. The molecule has 1 atom stereocenters. The third-order valence-electron chi connectivity index (χ3n) is 4.86. The van der Waals surface area contributed by atoms with Crippen LogP contribution in [0.3, 0.4) is 0 Å². The molecule has 0 radical (unpaired) electrons. The molecule has 0 amide bonds. The van der Waals surface area contributed by atoms with Gasteiger partial charge in [-0.3, -0.25) is 10.1 Å². The average molecular weight is 369 g/mol. The van der Waals surface area contributed by atoms with Crippen LogP contribution in [-0.2, 0) is 14.8 Å². The lowest BCUT2D eigenvalue weighted by Crippen LogP contribution is -2.40. The van der Waals surface area contributed by atoms with Gasteiger partial charge < -0.3 is 9.64 Å². The first-order valence-electron chi connectivity index (χ1n) is 8.54. The Hall–Kier alpha value is -1.71. The van der Waals surface area contributed by atoms with Crippen molar-refractivity contribution in [1.82, 2.24) is 4.31 Å². The summed E-state index contributed by atoms with van der Waals surface area (Å²) < 4.78 is 32.0. The molecule has 25 heavy (non-hydrogen) atoms. The number of morpholine rings is 1. The normalized spacial score (nSPS) is 22.8. The molecule has 0 saturated carbocycles. The molecule has 0 bridgehead atoms. The zero-order chi connectivity index (χ0) is 18.0. The molecule has 3 rings (SSSR count). The predicted octanol–water partition coefficient (Wildman–Crippen LogP) is 1.99. The minimum atomic E-state index is -3.75. The molecule has 1 aromatic carbocycles. The van der Waals surface area contributed by atoms with E-state index in [1.165, 1.54) is 16.4 Å². The molecule has 9 heteroatoms. The number of hydrogen-bond donors (Lipinski definition) is 0. The Kier molecular flexibility index (Phi) is 5.26. The lowest BCUT2D eigenvalue weighted by Gasteiger charge is -2.35. The van der Waals surface area contributed by atoms with Crippen molar-refractivity contribution < 1.29 is 18.1 Å². The monoisotopic (exact) mass is 369 g/mol. The van der Waals surface area contributed by atoms with E-state index in [4.69, 9.17) is 4.74 Å². The fourth-order valence-electron chi connectivity index (χ4n) is 3.44. The Morgan fingerprint density at radius 3 is 2.56 bits per heavy atom. The Bertz CT molecular complexity index is 746. The molecule has 2 fully saturated rings. The number of anilines is 1. The number of ether oxygens (including phenoxy) is 1. The van der Waals surface area contributed by atoms with E-state index < -0.39 is 14.9 Å². The molecule has 0 N–H and O–H groups in total. The third kappa shape index (κ3) is 3.63. The van der Waals surface area contributed by atoms with Gasteiger partial charge in [0, 0.05) is 31.7 Å². The molecular weight excluding hydrogens is 346 g/mol. The quantitative estimate of drug-likeness (QED) is 0.595. The summed E-state index contributed by atoms with van der Waals surface area (Å²) in [6.07, 6.45) is 3.06. The van der Waals surface area contributed by atoms with Gasteiger partial charge in [-0.25, -0.2) is 8.42 Å². The average Bonchev–Trinajstić information content (AvgIpc) is 2.62. The van der Waals surface area contributed by atoms with Crippen molar-refractivity contribution in [3.05, 3.63) is 28.3 Å². The smallest absolute Gasteiger partial charge is 0.293 e. The first-order chi connectivity index (χ1) is 11.9. The Labute approximate surface area is 147 Å². The van der Waals surface area contributed by atoms with Crippen molar-refractivity contribution >= 4 is 21.4 Å². The van der Waals surface area contributed by atoms with Crippen LogP contribution in [0, 0.1) is 10.1 Å². The van der Waals surface area contributed by atoms with E-state index in [9.17, 15) is 18.5 Å². The van der Waals surface area contributed by atoms with Gasteiger partial charge in [0.25, 0.3) is 5.69 Å². The molecule has 2 saturated heterocycles. The highest BCUT2D eigenvalue weighted by Gasteiger charge is 2.31. The molecule has 0 spiro atoms. The summed E-state index contributed by atoms with van der Waals surface area (Å²) in [5.41, 5.74) is 0.348. The van der Waals surface area contributed by atoms with E-state index in [1.807, 2.05) is 11.8 Å². The van der Waals surface area contributed by atoms with Crippen molar-refractivity contribution in [2.45, 2.75) is 37.1 Å². The largest absolute Gasteiger partial charge is 0.379 e. The summed E-state index contributed by atoms with van der Waals surface area (Å²) in [5, 5.41) is 11.6. The molecule has 1 aromatic rings. The second kappa shape index (κ2) is 7.27. The van der Waals surface area contributed by atoms with Crippen LogP contribution in [0.4, 0.5) is 11.4 Å². The van der Waals surface area contributed by atoms with Gasteiger partial charge in [-0.1, -0.05) is 0 Å². The van der Waals surface area contributed by atoms with Crippen LogP contribution in [0.5, 0.6) is 0 Å². The van der Waals surface area contributed by atoms with Crippen LogP contribution in [-0.4, -0.2) is 56.5 Å². The fraction of sp³-hybridized carbons (Fsp3) is 0.625. The summed E-state index contributed by atoms with van der Waals surface area (Å²) in [5.74, 6) is 0. The molecule has 2 aliphatic heterocycles. The van der Waals surface area contributed by atoms with Crippen molar-refractivity contribution in [2.75, 3.05) is 37.7 Å².